The third kappa shape index (κ3) is 8.64. The van der Waals surface area contributed by atoms with Crippen LogP contribution >= 0.6 is 23.2 Å². The smallest absolute Gasteiger partial charge is 0.407 e. The summed E-state index contributed by atoms with van der Waals surface area (Å²) >= 11 is 12.2. The van der Waals surface area contributed by atoms with Gasteiger partial charge in [0, 0.05) is 34.6 Å². The van der Waals surface area contributed by atoms with Gasteiger partial charge >= 0.3 is 12.1 Å². The number of halogens is 2. The molecule has 5 rings (SSSR count). The Morgan fingerprint density at radius 3 is 2.61 bits per heavy atom. The minimum Gasteiger partial charge on any atom is -0.491 e. The molecule has 0 spiro atoms. The van der Waals surface area contributed by atoms with Crippen molar-refractivity contribution < 1.29 is 33.4 Å². The molecule has 2 fully saturated rings. The van der Waals surface area contributed by atoms with Gasteiger partial charge in [0.1, 0.15) is 25.0 Å². The molecule has 3 aliphatic rings. The van der Waals surface area contributed by atoms with Crippen LogP contribution < -0.4 is 15.4 Å². The molecule has 1 unspecified atom stereocenters. The van der Waals surface area contributed by atoms with E-state index in [1.165, 1.54) is 13.5 Å². The van der Waals surface area contributed by atoms with Crippen LogP contribution in [-0.2, 0) is 37.0 Å². The average Bonchev–Trinajstić information content (AvgIpc) is 3.78. The molecule has 2 saturated carbocycles. The first kappa shape index (κ1) is 33.9. The number of hydrogen-bond donors (Lipinski definition) is 2. The lowest BCUT2D eigenvalue weighted by Gasteiger charge is -2.28. The van der Waals surface area contributed by atoms with Gasteiger partial charge in [-0.05, 0) is 61.1 Å². The first-order valence-electron chi connectivity index (χ1n) is 15.9. The van der Waals surface area contributed by atoms with Crippen molar-refractivity contribution in [3.63, 3.8) is 0 Å². The van der Waals surface area contributed by atoms with Crippen molar-refractivity contribution in [2.24, 2.45) is 11.3 Å². The summed E-state index contributed by atoms with van der Waals surface area (Å²) in [4.78, 5) is 54.5. The van der Waals surface area contributed by atoms with Crippen molar-refractivity contribution in [1.29, 1.82) is 0 Å². The fourth-order valence-electron chi connectivity index (χ4n) is 6.62. The lowest BCUT2D eigenvalue weighted by molar-refractivity contribution is -0.146. The van der Waals surface area contributed by atoms with E-state index in [1.807, 2.05) is 6.07 Å². The summed E-state index contributed by atoms with van der Waals surface area (Å²) in [5.74, 6) is -0.105. The summed E-state index contributed by atoms with van der Waals surface area (Å²) in [5.41, 5.74) is 0.679. The summed E-state index contributed by atoms with van der Waals surface area (Å²) in [6.07, 6.45) is 5.91. The zero-order chi connectivity index (χ0) is 32.7. The van der Waals surface area contributed by atoms with E-state index in [2.05, 4.69) is 10.6 Å². The Balaban J connectivity index is 1.21. The van der Waals surface area contributed by atoms with Gasteiger partial charge in [-0.15, -0.1) is 0 Å². The van der Waals surface area contributed by atoms with Crippen LogP contribution in [0.4, 0.5) is 4.79 Å². The maximum Gasteiger partial charge on any atom is 0.407 e. The van der Waals surface area contributed by atoms with E-state index in [-0.39, 0.29) is 31.3 Å². The second kappa shape index (κ2) is 15.4. The highest BCUT2D eigenvalue weighted by molar-refractivity contribution is 6.31. The van der Waals surface area contributed by atoms with Gasteiger partial charge in [0.25, 0.3) is 0 Å². The van der Waals surface area contributed by atoms with E-state index in [9.17, 15) is 19.2 Å². The van der Waals surface area contributed by atoms with Crippen LogP contribution in [0.3, 0.4) is 0 Å². The number of nitrogens with one attached hydrogen (secondary N) is 2. The highest BCUT2D eigenvalue weighted by Gasteiger charge is 2.61. The van der Waals surface area contributed by atoms with Gasteiger partial charge in [-0.2, -0.15) is 0 Å². The Kier molecular flexibility index (Phi) is 11.3. The molecule has 3 atom stereocenters. The Hall–Kier alpha value is -3.50. The third-order valence-electron chi connectivity index (χ3n) is 9.25. The van der Waals surface area contributed by atoms with Crippen molar-refractivity contribution >= 4 is 47.1 Å². The van der Waals surface area contributed by atoms with Crippen LogP contribution in [0, 0.1) is 11.3 Å². The molecule has 1 aliphatic heterocycles. The van der Waals surface area contributed by atoms with Crippen molar-refractivity contribution in [2.45, 2.75) is 83.0 Å². The Labute approximate surface area is 279 Å². The monoisotopic (exact) mass is 673 g/mol. The topological polar surface area (TPSA) is 123 Å². The Morgan fingerprint density at radius 1 is 1.07 bits per heavy atom. The maximum atomic E-state index is 14.0. The van der Waals surface area contributed by atoms with E-state index >= 15 is 0 Å². The van der Waals surface area contributed by atoms with Crippen molar-refractivity contribution in [1.82, 2.24) is 15.5 Å². The zero-order valence-electron chi connectivity index (χ0n) is 26.0. The number of amides is 3. The summed E-state index contributed by atoms with van der Waals surface area (Å²) in [6.45, 7) is 1.08. The maximum absolute atomic E-state index is 14.0. The van der Waals surface area contributed by atoms with Gasteiger partial charge in [0.2, 0.25) is 11.8 Å². The molecule has 2 N–H and O–H groups in total. The summed E-state index contributed by atoms with van der Waals surface area (Å²) in [7, 11) is 1.26. The molecule has 12 heteroatoms. The van der Waals surface area contributed by atoms with Crippen LogP contribution in [0.25, 0.3) is 0 Å². The number of alkyl carbamates (subject to hydrolysis) is 1. The zero-order valence-corrected chi connectivity index (χ0v) is 27.5. The first-order chi connectivity index (χ1) is 22.2. The summed E-state index contributed by atoms with van der Waals surface area (Å²) in [6, 6.07) is 10.9. The lowest BCUT2D eigenvalue weighted by Crippen LogP contribution is -2.48. The van der Waals surface area contributed by atoms with Gasteiger partial charge in [0.15, 0.2) is 0 Å². The normalized spacial score (nSPS) is 21.5. The predicted molar refractivity (Wildman–Crippen MR) is 172 cm³/mol. The predicted octanol–water partition coefficient (Wildman–Crippen LogP) is 5.81. The Morgan fingerprint density at radius 2 is 1.85 bits per heavy atom. The Bertz CT molecular complexity index is 1430. The fraction of sp³-hybridized carbons (Fsp3) is 0.529. The molecular formula is C34H41Cl2N3O7. The third-order valence-corrected chi connectivity index (χ3v) is 9.72. The van der Waals surface area contributed by atoms with E-state index < -0.39 is 29.6 Å². The van der Waals surface area contributed by atoms with Crippen molar-refractivity contribution in [3.8, 4) is 5.75 Å². The molecule has 3 amide bonds. The van der Waals surface area contributed by atoms with Gasteiger partial charge in [0.05, 0.1) is 19.1 Å². The molecule has 2 aromatic carbocycles. The minimum absolute atomic E-state index is 0.0169. The van der Waals surface area contributed by atoms with Crippen LogP contribution in [0.5, 0.6) is 5.75 Å². The number of fused-ring (bicyclic) bond motifs is 1. The number of carbonyl (C=O) groups excluding carboxylic acids is 4. The second-order valence-electron chi connectivity index (χ2n) is 12.5. The van der Waals surface area contributed by atoms with E-state index in [1.54, 1.807) is 41.3 Å². The van der Waals surface area contributed by atoms with E-state index in [0.29, 0.717) is 54.3 Å². The van der Waals surface area contributed by atoms with Crippen LogP contribution in [0.1, 0.15) is 68.9 Å². The fourth-order valence-corrected chi connectivity index (χ4v) is 7.03. The number of esters is 1. The molecule has 0 saturated heterocycles. The number of carbonyl (C=O) groups is 4. The molecular weight excluding hydrogens is 633 g/mol. The quantitative estimate of drug-likeness (QED) is 0.289. The SMILES string of the molecule is COC(=O)[C@H](CCC(=O)N1CCOc2ccc(Cl)cc2C1)NC(=O)[C@]1(CC2CCCCC2)CC1NC(=O)OCc1cccc(Cl)c1. The standard InChI is InChI=1S/C34H41Cl2N3O7/c1-44-31(41)27(11-13-30(40)39-14-15-45-28-12-10-26(36)17-24(28)20-39)37-32(42)34(18-22-6-3-2-4-7-22)19-29(34)38-33(43)46-21-23-8-5-9-25(35)16-23/h5,8-10,12,16-17,22,27,29H,2-4,6-7,11,13-15,18-21H2,1H3,(H,37,42)(H,38,43)/t27-,29?,34+/m0/s1. The molecule has 0 bridgehead atoms. The largest absolute Gasteiger partial charge is 0.491 e. The van der Waals surface area contributed by atoms with Crippen molar-refractivity contribution in [2.75, 3.05) is 20.3 Å². The molecule has 248 valence electrons. The number of ether oxygens (including phenoxy) is 3. The van der Waals surface area contributed by atoms with E-state index in [4.69, 9.17) is 37.4 Å². The molecule has 1 heterocycles. The van der Waals surface area contributed by atoms with Crippen molar-refractivity contribution in [3.05, 3.63) is 63.6 Å². The number of hydrogen-bond acceptors (Lipinski definition) is 7. The molecule has 2 aliphatic carbocycles. The molecule has 46 heavy (non-hydrogen) atoms. The molecule has 0 aromatic heterocycles. The first-order valence-corrected chi connectivity index (χ1v) is 16.7. The van der Waals surface area contributed by atoms with Crippen LogP contribution in [0.2, 0.25) is 10.0 Å². The van der Waals surface area contributed by atoms with Gasteiger partial charge in [-0.25, -0.2) is 9.59 Å². The highest BCUT2D eigenvalue weighted by Crippen LogP contribution is 2.53. The van der Waals surface area contributed by atoms with Crippen LogP contribution in [-0.4, -0.2) is 61.1 Å². The van der Waals surface area contributed by atoms with Gasteiger partial charge in [-0.3, -0.25) is 9.59 Å². The van der Waals surface area contributed by atoms with Crippen LogP contribution in [0.15, 0.2) is 42.5 Å². The number of benzene rings is 2. The number of rotatable bonds is 11. The molecule has 0 radical (unpaired) electrons. The van der Waals surface area contributed by atoms with Gasteiger partial charge in [-0.1, -0.05) is 67.4 Å². The summed E-state index contributed by atoms with van der Waals surface area (Å²) < 4.78 is 16.2. The second-order valence-corrected chi connectivity index (χ2v) is 13.3. The lowest BCUT2D eigenvalue weighted by atomic mass is 9.80. The number of nitrogens with zero attached hydrogens (tertiary/aromatic N) is 1. The molecule has 2 aromatic rings. The van der Waals surface area contributed by atoms with Gasteiger partial charge < -0.3 is 29.7 Å². The van der Waals surface area contributed by atoms with E-state index in [0.717, 1.165) is 36.8 Å². The highest BCUT2D eigenvalue weighted by atomic mass is 35.5. The number of methoxy groups -OCH3 is 1. The minimum atomic E-state index is -1.02. The summed E-state index contributed by atoms with van der Waals surface area (Å²) in [5, 5.41) is 6.86. The molecule has 10 nitrogen and oxygen atoms in total. The average molecular weight is 675 g/mol.